The number of piperidine rings is 1. The quantitative estimate of drug-likeness (QED) is 0.663. The summed E-state index contributed by atoms with van der Waals surface area (Å²) < 4.78 is 4.67. The van der Waals surface area contributed by atoms with Crippen LogP contribution in [0.3, 0.4) is 0 Å². The summed E-state index contributed by atoms with van der Waals surface area (Å²) in [4.78, 5) is 25.7. The molecule has 1 aromatic rings. The number of carbonyl (C=O) groups is 2. The number of hydrogen-bond acceptors (Lipinski definition) is 4. The second-order valence-corrected chi connectivity index (χ2v) is 6.70. The van der Waals surface area contributed by atoms with Gasteiger partial charge in [0.1, 0.15) is 0 Å². The van der Waals surface area contributed by atoms with Crippen molar-refractivity contribution in [2.24, 2.45) is 5.92 Å². The fourth-order valence-electron chi connectivity index (χ4n) is 3.55. The van der Waals surface area contributed by atoms with Crippen LogP contribution in [0.2, 0.25) is 0 Å². The highest BCUT2D eigenvalue weighted by atomic mass is 16.5. The van der Waals surface area contributed by atoms with Gasteiger partial charge < -0.3 is 9.64 Å². The van der Waals surface area contributed by atoms with Crippen LogP contribution in [0, 0.1) is 5.92 Å². The van der Waals surface area contributed by atoms with Gasteiger partial charge in [-0.05, 0) is 37.7 Å². The van der Waals surface area contributed by atoms with E-state index in [1.54, 1.807) is 0 Å². The second-order valence-electron chi connectivity index (χ2n) is 6.70. The highest BCUT2D eigenvalue weighted by Gasteiger charge is 2.26. The SMILES string of the molecule is COC(=O)Cc1cc(C2CCN(C(=O)C[C@@H]3C=CCC3)CC2)n[nH]1. The zero-order valence-electron chi connectivity index (χ0n) is 14.2. The predicted octanol–water partition coefficient (Wildman–Crippen LogP) is 2.19. The van der Waals surface area contributed by atoms with Crippen LogP contribution in [0.1, 0.15) is 49.4 Å². The summed E-state index contributed by atoms with van der Waals surface area (Å²) in [6, 6.07) is 1.95. The molecule has 6 nitrogen and oxygen atoms in total. The van der Waals surface area contributed by atoms with E-state index in [1.165, 1.54) is 7.11 Å². The van der Waals surface area contributed by atoms with Crippen LogP contribution in [0.25, 0.3) is 0 Å². The molecule has 0 unspecified atom stereocenters. The Morgan fingerprint density at radius 3 is 2.79 bits per heavy atom. The molecule has 0 saturated carbocycles. The maximum Gasteiger partial charge on any atom is 0.311 e. The van der Waals surface area contributed by atoms with E-state index in [9.17, 15) is 9.59 Å². The summed E-state index contributed by atoms with van der Waals surface area (Å²) in [6.45, 7) is 1.58. The van der Waals surface area contributed by atoms with Gasteiger partial charge in [0.25, 0.3) is 0 Å². The number of hydrogen-bond donors (Lipinski definition) is 1. The Bertz CT molecular complexity index is 615. The van der Waals surface area contributed by atoms with Crippen molar-refractivity contribution in [1.29, 1.82) is 0 Å². The first-order valence-corrected chi connectivity index (χ1v) is 8.71. The minimum absolute atomic E-state index is 0.218. The van der Waals surface area contributed by atoms with E-state index in [0.717, 1.165) is 50.2 Å². The van der Waals surface area contributed by atoms with Crippen molar-refractivity contribution in [3.8, 4) is 0 Å². The van der Waals surface area contributed by atoms with Gasteiger partial charge in [-0.1, -0.05) is 12.2 Å². The summed E-state index contributed by atoms with van der Waals surface area (Å²) >= 11 is 0. The fraction of sp³-hybridized carbons (Fsp3) is 0.611. The fourth-order valence-corrected chi connectivity index (χ4v) is 3.55. The van der Waals surface area contributed by atoms with Gasteiger partial charge in [0, 0.05) is 31.1 Å². The van der Waals surface area contributed by atoms with Crippen LogP contribution in [0.4, 0.5) is 0 Å². The van der Waals surface area contributed by atoms with Gasteiger partial charge in [-0.15, -0.1) is 0 Å². The third kappa shape index (κ3) is 4.04. The average molecular weight is 331 g/mol. The molecule has 0 radical (unpaired) electrons. The predicted molar refractivity (Wildman–Crippen MR) is 89.3 cm³/mol. The molecule has 0 spiro atoms. The van der Waals surface area contributed by atoms with E-state index in [-0.39, 0.29) is 18.3 Å². The van der Waals surface area contributed by atoms with Crippen LogP contribution in [0.5, 0.6) is 0 Å². The molecule has 0 aromatic carbocycles. The summed E-state index contributed by atoms with van der Waals surface area (Å²) in [6.07, 6.45) is 9.28. The maximum atomic E-state index is 12.4. The number of allylic oxidation sites excluding steroid dienone is 2. The molecule has 24 heavy (non-hydrogen) atoms. The summed E-state index contributed by atoms with van der Waals surface area (Å²) in [5, 5.41) is 7.25. The smallest absolute Gasteiger partial charge is 0.311 e. The normalized spacial score (nSPS) is 21.2. The first kappa shape index (κ1) is 16.7. The Morgan fingerprint density at radius 2 is 2.12 bits per heavy atom. The molecule has 2 heterocycles. The Morgan fingerprint density at radius 1 is 1.33 bits per heavy atom. The first-order valence-electron chi connectivity index (χ1n) is 8.71. The van der Waals surface area contributed by atoms with Crippen molar-refractivity contribution in [3.63, 3.8) is 0 Å². The molecule has 1 amide bonds. The van der Waals surface area contributed by atoms with Gasteiger partial charge in [-0.3, -0.25) is 14.7 Å². The highest BCUT2D eigenvalue weighted by molar-refractivity contribution is 5.76. The third-order valence-electron chi connectivity index (χ3n) is 5.03. The molecule has 1 saturated heterocycles. The lowest BCUT2D eigenvalue weighted by molar-refractivity contribution is -0.139. The molecule has 1 aliphatic carbocycles. The van der Waals surface area contributed by atoms with E-state index in [4.69, 9.17) is 0 Å². The molecule has 2 aliphatic rings. The molecular formula is C18H25N3O3. The number of nitrogens with zero attached hydrogens (tertiary/aromatic N) is 2. The molecule has 1 aliphatic heterocycles. The number of carbonyl (C=O) groups excluding carboxylic acids is 2. The number of amides is 1. The van der Waals surface area contributed by atoms with Gasteiger partial charge in [0.2, 0.25) is 5.91 Å². The molecule has 6 heteroatoms. The number of esters is 1. The van der Waals surface area contributed by atoms with Crippen molar-refractivity contribution in [1.82, 2.24) is 15.1 Å². The summed E-state index contributed by atoms with van der Waals surface area (Å²) in [5.41, 5.74) is 1.77. The lowest BCUT2D eigenvalue weighted by Crippen LogP contribution is -2.38. The molecular weight excluding hydrogens is 306 g/mol. The van der Waals surface area contributed by atoms with Gasteiger partial charge in [-0.25, -0.2) is 0 Å². The van der Waals surface area contributed by atoms with Gasteiger partial charge >= 0.3 is 5.97 Å². The Labute approximate surface area is 142 Å². The third-order valence-corrected chi connectivity index (χ3v) is 5.03. The molecule has 1 aromatic heterocycles. The van der Waals surface area contributed by atoms with Gasteiger partial charge in [-0.2, -0.15) is 5.10 Å². The topological polar surface area (TPSA) is 75.3 Å². The standard InChI is InChI=1S/C18H25N3O3/c1-24-18(23)12-15-11-16(20-19-15)14-6-8-21(9-7-14)17(22)10-13-4-2-3-5-13/h2,4,11,13-14H,3,5-10,12H2,1H3,(H,19,20)/t13-/m1/s1. The second kappa shape index (κ2) is 7.64. The van der Waals surface area contributed by atoms with E-state index in [1.807, 2.05) is 11.0 Å². The van der Waals surface area contributed by atoms with Crippen molar-refractivity contribution in [3.05, 3.63) is 29.6 Å². The van der Waals surface area contributed by atoms with E-state index in [2.05, 4.69) is 27.1 Å². The minimum Gasteiger partial charge on any atom is -0.469 e. The zero-order chi connectivity index (χ0) is 16.9. The molecule has 130 valence electrons. The molecule has 1 atom stereocenters. The van der Waals surface area contributed by atoms with Crippen molar-refractivity contribution < 1.29 is 14.3 Å². The van der Waals surface area contributed by atoms with Crippen LogP contribution < -0.4 is 0 Å². The molecule has 1 fully saturated rings. The Hall–Kier alpha value is -2.11. The molecule has 3 rings (SSSR count). The van der Waals surface area contributed by atoms with Crippen LogP contribution in [-0.2, 0) is 20.7 Å². The number of nitrogens with one attached hydrogen (secondary N) is 1. The Kier molecular flexibility index (Phi) is 5.33. The van der Waals surface area contributed by atoms with E-state index < -0.39 is 0 Å². The van der Waals surface area contributed by atoms with Crippen LogP contribution in [-0.4, -0.2) is 47.2 Å². The number of aromatic nitrogens is 2. The number of H-pyrrole nitrogens is 1. The average Bonchev–Trinajstić information content (AvgIpc) is 3.27. The molecule has 1 N–H and O–H groups in total. The van der Waals surface area contributed by atoms with E-state index >= 15 is 0 Å². The summed E-state index contributed by atoms with van der Waals surface area (Å²) in [5.74, 6) is 0.788. The number of aromatic amines is 1. The minimum atomic E-state index is -0.272. The van der Waals surface area contributed by atoms with Crippen molar-refractivity contribution >= 4 is 11.9 Å². The van der Waals surface area contributed by atoms with Crippen LogP contribution >= 0.6 is 0 Å². The zero-order valence-corrected chi connectivity index (χ0v) is 14.2. The van der Waals surface area contributed by atoms with Gasteiger partial charge in [0.15, 0.2) is 0 Å². The first-order chi connectivity index (χ1) is 11.7. The monoisotopic (exact) mass is 331 g/mol. The number of ether oxygens (including phenoxy) is 1. The van der Waals surface area contributed by atoms with Crippen LogP contribution in [0.15, 0.2) is 18.2 Å². The maximum absolute atomic E-state index is 12.4. The number of methoxy groups -OCH3 is 1. The van der Waals surface area contributed by atoms with E-state index in [0.29, 0.717) is 18.3 Å². The van der Waals surface area contributed by atoms with Gasteiger partial charge in [0.05, 0.1) is 19.2 Å². The number of likely N-dealkylation sites (tertiary alicyclic amines) is 1. The highest BCUT2D eigenvalue weighted by Crippen LogP contribution is 2.28. The lowest BCUT2D eigenvalue weighted by Gasteiger charge is -2.31. The Balaban J connectivity index is 1.48. The lowest BCUT2D eigenvalue weighted by atomic mass is 9.92. The van der Waals surface area contributed by atoms with Crippen molar-refractivity contribution in [2.45, 2.75) is 44.4 Å². The number of rotatable bonds is 5. The van der Waals surface area contributed by atoms with Crippen molar-refractivity contribution in [2.75, 3.05) is 20.2 Å². The molecule has 0 bridgehead atoms. The largest absolute Gasteiger partial charge is 0.469 e. The summed E-state index contributed by atoms with van der Waals surface area (Å²) in [7, 11) is 1.38.